The molecular weight excluding hydrogens is 208 g/mol. The molecule has 0 aliphatic heterocycles. The molecule has 1 aromatic heterocycles. The monoisotopic (exact) mass is 222 g/mol. The minimum Gasteiger partial charge on any atom is -0.395 e. The maximum atomic E-state index is 8.92. The van der Waals surface area contributed by atoms with Gasteiger partial charge in [0.2, 0.25) is 0 Å². The molecule has 0 aromatic carbocycles. The van der Waals surface area contributed by atoms with Crippen molar-refractivity contribution in [2.75, 3.05) is 38.3 Å². The van der Waals surface area contributed by atoms with Gasteiger partial charge in [0.05, 0.1) is 25.6 Å². The lowest BCUT2D eigenvalue weighted by Crippen LogP contribution is -2.31. The summed E-state index contributed by atoms with van der Waals surface area (Å²) in [5, 5.41) is 17.5. The second-order valence-electron chi connectivity index (χ2n) is 3.08. The largest absolute Gasteiger partial charge is 0.395 e. The number of methoxy groups -OCH3 is 1. The van der Waals surface area contributed by atoms with Gasteiger partial charge in [-0.05, 0) is 0 Å². The first-order valence-electron chi connectivity index (χ1n) is 4.88. The lowest BCUT2D eigenvalue weighted by Gasteiger charge is -2.21. The van der Waals surface area contributed by atoms with Crippen molar-refractivity contribution < 1.29 is 9.84 Å². The highest BCUT2D eigenvalue weighted by atomic mass is 16.5. The molecule has 1 aromatic rings. The maximum absolute atomic E-state index is 8.92. The highest BCUT2D eigenvalue weighted by Crippen LogP contribution is 2.07. The van der Waals surface area contributed by atoms with Gasteiger partial charge in [0.1, 0.15) is 11.9 Å². The summed E-state index contributed by atoms with van der Waals surface area (Å²) in [6, 6.07) is 1.90. The molecule has 0 aliphatic rings. The predicted molar refractivity (Wildman–Crippen MR) is 57.9 cm³/mol. The summed E-state index contributed by atoms with van der Waals surface area (Å²) in [5.41, 5.74) is 0.277. The second-order valence-corrected chi connectivity index (χ2v) is 3.08. The molecule has 1 heterocycles. The minimum atomic E-state index is 0.0331. The molecule has 0 saturated carbocycles. The van der Waals surface area contributed by atoms with Crippen LogP contribution < -0.4 is 4.90 Å². The zero-order chi connectivity index (χ0) is 11.8. The average Bonchev–Trinajstić information content (AvgIpc) is 2.35. The molecule has 0 amide bonds. The Hall–Kier alpha value is -1.71. The number of aliphatic hydroxyl groups excluding tert-OH is 1. The Bertz CT molecular complexity index is 347. The molecule has 0 bridgehead atoms. The standard InChI is InChI=1S/C10H14N4O2/c1-16-5-3-14(2-4-15)10-8-12-9(6-11)7-13-10/h7-8,15H,2-5H2,1H3. The molecular formula is C10H14N4O2. The van der Waals surface area contributed by atoms with Crippen LogP contribution in [0.1, 0.15) is 5.69 Å². The van der Waals surface area contributed by atoms with E-state index in [-0.39, 0.29) is 12.3 Å². The van der Waals surface area contributed by atoms with E-state index in [9.17, 15) is 0 Å². The van der Waals surface area contributed by atoms with Crippen molar-refractivity contribution in [1.29, 1.82) is 5.26 Å². The molecule has 0 saturated heterocycles. The van der Waals surface area contributed by atoms with Crippen LogP contribution in [-0.4, -0.2) is 48.5 Å². The lowest BCUT2D eigenvalue weighted by atomic mass is 10.4. The van der Waals surface area contributed by atoms with Gasteiger partial charge in [-0.1, -0.05) is 0 Å². The third kappa shape index (κ3) is 3.46. The summed E-state index contributed by atoms with van der Waals surface area (Å²) in [7, 11) is 1.61. The highest BCUT2D eigenvalue weighted by Gasteiger charge is 2.07. The van der Waals surface area contributed by atoms with E-state index in [0.29, 0.717) is 25.5 Å². The third-order valence-electron chi connectivity index (χ3n) is 2.01. The number of hydrogen-bond donors (Lipinski definition) is 1. The van der Waals surface area contributed by atoms with E-state index in [4.69, 9.17) is 15.1 Å². The van der Waals surface area contributed by atoms with Crippen LogP contribution in [0.25, 0.3) is 0 Å². The van der Waals surface area contributed by atoms with Crippen LogP contribution in [0.15, 0.2) is 12.4 Å². The Labute approximate surface area is 94.1 Å². The number of nitrogens with zero attached hydrogens (tertiary/aromatic N) is 4. The molecule has 0 fully saturated rings. The molecule has 0 unspecified atom stereocenters. The van der Waals surface area contributed by atoms with E-state index in [1.807, 2.05) is 11.0 Å². The normalized spacial score (nSPS) is 9.81. The number of rotatable bonds is 6. The van der Waals surface area contributed by atoms with Gasteiger partial charge < -0.3 is 14.7 Å². The van der Waals surface area contributed by atoms with Crippen LogP contribution in [0.5, 0.6) is 0 Å². The molecule has 0 spiro atoms. The third-order valence-corrected chi connectivity index (χ3v) is 2.01. The number of hydrogen-bond acceptors (Lipinski definition) is 6. The number of ether oxygens (including phenoxy) is 1. The molecule has 86 valence electrons. The number of aromatic nitrogens is 2. The van der Waals surface area contributed by atoms with Gasteiger partial charge in [-0.15, -0.1) is 0 Å². The summed E-state index contributed by atoms with van der Waals surface area (Å²) >= 11 is 0. The zero-order valence-electron chi connectivity index (χ0n) is 9.13. The fourth-order valence-corrected chi connectivity index (χ4v) is 1.21. The van der Waals surface area contributed by atoms with Crippen LogP contribution in [0.4, 0.5) is 5.82 Å². The molecule has 0 aliphatic carbocycles. The smallest absolute Gasteiger partial charge is 0.158 e. The van der Waals surface area contributed by atoms with Gasteiger partial charge in [-0.2, -0.15) is 5.26 Å². The fourth-order valence-electron chi connectivity index (χ4n) is 1.21. The topological polar surface area (TPSA) is 82.3 Å². The molecule has 0 radical (unpaired) electrons. The van der Waals surface area contributed by atoms with E-state index in [2.05, 4.69) is 9.97 Å². The Kier molecular flexibility index (Phi) is 5.19. The fraction of sp³-hybridized carbons (Fsp3) is 0.500. The van der Waals surface area contributed by atoms with E-state index in [1.165, 1.54) is 12.4 Å². The van der Waals surface area contributed by atoms with Crippen molar-refractivity contribution in [2.24, 2.45) is 0 Å². The van der Waals surface area contributed by atoms with Crippen LogP contribution >= 0.6 is 0 Å². The number of anilines is 1. The minimum absolute atomic E-state index is 0.0331. The second kappa shape index (κ2) is 6.71. The molecule has 0 atom stereocenters. The van der Waals surface area contributed by atoms with Crippen LogP contribution in [0.2, 0.25) is 0 Å². The van der Waals surface area contributed by atoms with Crippen molar-refractivity contribution in [1.82, 2.24) is 9.97 Å². The summed E-state index contributed by atoms with van der Waals surface area (Å²) in [5.74, 6) is 0.630. The van der Waals surface area contributed by atoms with Crippen molar-refractivity contribution in [3.05, 3.63) is 18.1 Å². The van der Waals surface area contributed by atoms with Gasteiger partial charge in [-0.3, -0.25) is 0 Å². The summed E-state index contributed by atoms with van der Waals surface area (Å²) < 4.78 is 4.96. The summed E-state index contributed by atoms with van der Waals surface area (Å²) in [6.07, 6.45) is 2.93. The van der Waals surface area contributed by atoms with E-state index in [0.717, 1.165) is 0 Å². The van der Waals surface area contributed by atoms with Gasteiger partial charge >= 0.3 is 0 Å². The Morgan fingerprint density at radius 3 is 2.75 bits per heavy atom. The SMILES string of the molecule is COCCN(CCO)c1cnc(C#N)cn1. The van der Waals surface area contributed by atoms with Crippen LogP contribution in [0.3, 0.4) is 0 Å². The average molecular weight is 222 g/mol. The maximum Gasteiger partial charge on any atom is 0.158 e. The lowest BCUT2D eigenvalue weighted by molar-refractivity contribution is 0.202. The Balaban J connectivity index is 2.72. The molecule has 6 nitrogen and oxygen atoms in total. The number of nitriles is 1. The Morgan fingerprint density at radius 2 is 2.25 bits per heavy atom. The predicted octanol–water partition coefficient (Wildman–Crippen LogP) is -0.207. The van der Waals surface area contributed by atoms with Gasteiger partial charge in [0.15, 0.2) is 5.69 Å². The molecule has 1 N–H and O–H groups in total. The summed E-state index contributed by atoms with van der Waals surface area (Å²) in [4.78, 5) is 9.86. The van der Waals surface area contributed by atoms with Gasteiger partial charge in [0.25, 0.3) is 0 Å². The molecule has 1 rings (SSSR count). The Morgan fingerprint density at radius 1 is 1.44 bits per heavy atom. The quantitative estimate of drug-likeness (QED) is 0.717. The first-order valence-corrected chi connectivity index (χ1v) is 4.88. The molecule has 16 heavy (non-hydrogen) atoms. The summed E-state index contributed by atoms with van der Waals surface area (Å²) in [6.45, 7) is 1.66. The van der Waals surface area contributed by atoms with E-state index < -0.39 is 0 Å². The van der Waals surface area contributed by atoms with Crippen LogP contribution in [0, 0.1) is 11.3 Å². The first kappa shape index (κ1) is 12.4. The van der Waals surface area contributed by atoms with Crippen LogP contribution in [-0.2, 0) is 4.74 Å². The molecule has 6 heteroatoms. The van der Waals surface area contributed by atoms with E-state index >= 15 is 0 Å². The van der Waals surface area contributed by atoms with Crippen molar-refractivity contribution >= 4 is 5.82 Å². The van der Waals surface area contributed by atoms with Crippen molar-refractivity contribution in [3.63, 3.8) is 0 Å². The van der Waals surface area contributed by atoms with E-state index in [1.54, 1.807) is 7.11 Å². The van der Waals surface area contributed by atoms with Crippen molar-refractivity contribution in [3.8, 4) is 6.07 Å². The van der Waals surface area contributed by atoms with Gasteiger partial charge in [-0.25, -0.2) is 9.97 Å². The first-order chi connectivity index (χ1) is 7.81. The van der Waals surface area contributed by atoms with Gasteiger partial charge in [0, 0.05) is 20.2 Å². The van der Waals surface area contributed by atoms with Crippen molar-refractivity contribution in [2.45, 2.75) is 0 Å². The zero-order valence-corrected chi connectivity index (χ0v) is 9.13. The highest BCUT2D eigenvalue weighted by molar-refractivity contribution is 5.37. The number of aliphatic hydroxyl groups is 1.